The Bertz CT molecular complexity index is 688. The number of fused-ring (bicyclic) bond motifs is 1. The fourth-order valence-electron chi connectivity index (χ4n) is 1.84. The summed E-state index contributed by atoms with van der Waals surface area (Å²) in [6.45, 7) is 1.97. The number of nitrogens with one attached hydrogen (secondary N) is 1. The largest absolute Gasteiger partial charge is 0.338 e. The number of pyridine rings is 1. The van der Waals surface area contributed by atoms with E-state index in [1.807, 2.05) is 37.3 Å². The molecule has 2 aromatic heterocycles. The minimum absolute atomic E-state index is 0.704. The quantitative estimate of drug-likeness (QED) is 0.710. The minimum Gasteiger partial charge on any atom is -0.338 e. The highest BCUT2D eigenvalue weighted by Crippen LogP contribution is 2.23. The lowest BCUT2D eigenvalue weighted by Gasteiger charge is -1.99. The predicted octanol–water partition coefficient (Wildman–Crippen LogP) is 3.59. The highest BCUT2D eigenvalue weighted by atomic mass is 35.5. The summed E-state index contributed by atoms with van der Waals surface area (Å²) < 4.78 is 0. The first-order valence-corrected chi connectivity index (χ1v) is 5.69. The number of hydrogen-bond acceptors (Lipinski definition) is 2. The third-order valence-electron chi connectivity index (χ3n) is 2.71. The van der Waals surface area contributed by atoms with Gasteiger partial charge >= 0.3 is 0 Å². The van der Waals surface area contributed by atoms with Crippen molar-refractivity contribution in [2.24, 2.45) is 0 Å². The van der Waals surface area contributed by atoms with E-state index < -0.39 is 0 Å². The maximum absolute atomic E-state index is 5.95. The smallest absolute Gasteiger partial charge is 0.140 e. The molecular weight excluding hydrogens is 234 g/mol. The van der Waals surface area contributed by atoms with Gasteiger partial charge in [0.2, 0.25) is 0 Å². The van der Waals surface area contributed by atoms with Crippen LogP contribution < -0.4 is 0 Å². The molecule has 4 heteroatoms. The second kappa shape index (κ2) is 3.86. The molecule has 0 saturated carbocycles. The van der Waals surface area contributed by atoms with E-state index in [4.69, 9.17) is 11.6 Å². The van der Waals surface area contributed by atoms with Crippen molar-refractivity contribution in [1.82, 2.24) is 15.0 Å². The lowest BCUT2D eigenvalue weighted by Crippen LogP contribution is -1.87. The van der Waals surface area contributed by atoms with Gasteiger partial charge in [0.1, 0.15) is 5.82 Å². The van der Waals surface area contributed by atoms with Gasteiger partial charge in [-0.25, -0.2) is 4.98 Å². The normalized spacial score (nSPS) is 10.9. The molecule has 0 atom stereocenters. The molecule has 0 radical (unpaired) electrons. The van der Waals surface area contributed by atoms with Crippen LogP contribution in [0, 0.1) is 6.92 Å². The third kappa shape index (κ3) is 1.78. The first kappa shape index (κ1) is 10.3. The Kier molecular flexibility index (Phi) is 2.34. The van der Waals surface area contributed by atoms with Crippen LogP contribution >= 0.6 is 11.6 Å². The Morgan fingerprint density at radius 2 is 2.12 bits per heavy atom. The first-order valence-electron chi connectivity index (χ1n) is 5.31. The molecule has 0 fully saturated rings. The Labute approximate surface area is 103 Å². The van der Waals surface area contributed by atoms with Gasteiger partial charge in [-0.15, -0.1) is 0 Å². The fourth-order valence-corrected chi connectivity index (χ4v) is 2.02. The van der Waals surface area contributed by atoms with Crippen LogP contribution in [0.2, 0.25) is 5.02 Å². The van der Waals surface area contributed by atoms with Crippen molar-refractivity contribution in [3.05, 3.63) is 47.2 Å². The highest BCUT2D eigenvalue weighted by molar-refractivity contribution is 6.31. The van der Waals surface area contributed by atoms with Gasteiger partial charge < -0.3 is 4.98 Å². The summed E-state index contributed by atoms with van der Waals surface area (Å²) in [6.07, 6.45) is 1.78. The molecule has 17 heavy (non-hydrogen) atoms. The standard InChI is InChI=1S/C13H10ClN3/c1-8-10(3-2-6-15-8)13-16-11-5-4-9(14)7-12(11)17-13/h2-7H,1H3,(H,16,17). The van der Waals surface area contributed by atoms with E-state index in [1.165, 1.54) is 0 Å². The lowest BCUT2D eigenvalue weighted by atomic mass is 10.2. The molecule has 0 unspecified atom stereocenters. The number of rotatable bonds is 1. The van der Waals surface area contributed by atoms with Gasteiger partial charge in [0, 0.05) is 22.5 Å². The zero-order valence-corrected chi connectivity index (χ0v) is 9.99. The van der Waals surface area contributed by atoms with E-state index >= 15 is 0 Å². The number of benzene rings is 1. The van der Waals surface area contributed by atoms with Crippen molar-refractivity contribution in [2.75, 3.05) is 0 Å². The molecule has 84 valence electrons. The van der Waals surface area contributed by atoms with Crippen molar-refractivity contribution in [3.8, 4) is 11.4 Å². The van der Waals surface area contributed by atoms with Gasteiger partial charge in [0.05, 0.1) is 11.0 Å². The van der Waals surface area contributed by atoms with Gasteiger partial charge in [-0.05, 0) is 37.3 Å². The zero-order chi connectivity index (χ0) is 11.8. The van der Waals surface area contributed by atoms with Crippen molar-refractivity contribution in [1.29, 1.82) is 0 Å². The second-order valence-electron chi connectivity index (χ2n) is 3.88. The Morgan fingerprint density at radius 1 is 1.24 bits per heavy atom. The second-order valence-corrected chi connectivity index (χ2v) is 4.32. The van der Waals surface area contributed by atoms with E-state index in [2.05, 4.69) is 15.0 Å². The van der Waals surface area contributed by atoms with Crippen LogP contribution in [0.5, 0.6) is 0 Å². The van der Waals surface area contributed by atoms with Crippen LogP contribution in [0.3, 0.4) is 0 Å². The molecule has 2 heterocycles. The summed E-state index contributed by atoms with van der Waals surface area (Å²) in [6, 6.07) is 9.53. The zero-order valence-electron chi connectivity index (χ0n) is 9.24. The summed E-state index contributed by atoms with van der Waals surface area (Å²) in [5, 5.41) is 0.704. The molecule has 3 rings (SSSR count). The van der Waals surface area contributed by atoms with E-state index in [-0.39, 0.29) is 0 Å². The number of aromatic amines is 1. The Morgan fingerprint density at radius 3 is 2.94 bits per heavy atom. The maximum Gasteiger partial charge on any atom is 0.140 e. The van der Waals surface area contributed by atoms with Crippen LogP contribution in [0.1, 0.15) is 5.69 Å². The molecule has 0 aliphatic rings. The number of halogens is 1. The number of H-pyrrole nitrogens is 1. The van der Waals surface area contributed by atoms with E-state index in [0.29, 0.717) is 5.02 Å². The van der Waals surface area contributed by atoms with Crippen molar-refractivity contribution in [3.63, 3.8) is 0 Å². The van der Waals surface area contributed by atoms with Crippen molar-refractivity contribution >= 4 is 22.6 Å². The molecule has 0 aliphatic carbocycles. The Hall–Kier alpha value is -1.87. The molecule has 3 nitrogen and oxygen atoms in total. The molecular formula is C13H10ClN3. The van der Waals surface area contributed by atoms with Gasteiger partial charge in [-0.3, -0.25) is 4.98 Å². The molecule has 0 amide bonds. The molecule has 0 bridgehead atoms. The van der Waals surface area contributed by atoms with E-state index in [9.17, 15) is 0 Å². The first-order chi connectivity index (χ1) is 8.24. The summed E-state index contributed by atoms with van der Waals surface area (Å²) in [4.78, 5) is 12.0. The average molecular weight is 244 g/mol. The molecule has 1 N–H and O–H groups in total. The van der Waals surface area contributed by atoms with Crippen LogP contribution in [0.4, 0.5) is 0 Å². The van der Waals surface area contributed by atoms with Gasteiger partial charge in [-0.1, -0.05) is 11.6 Å². The van der Waals surface area contributed by atoms with Gasteiger partial charge in [0.15, 0.2) is 0 Å². The molecule has 3 aromatic rings. The van der Waals surface area contributed by atoms with Crippen LogP contribution in [0.15, 0.2) is 36.5 Å². The molecule has 0 aliphatic heterocycles. The van der Waals surface area contributed by atoms with Gasteiger partial charge in [-0.2, -0.15) is 0 Å². The summed E-state index contributed by atoms with van der Waals surface area (Å²) in [5.41, 5.74) is 3.82. The molecule has 0 saturated heterocycles. The lowest BCUT2D eigenvalue weighted by molar-refractivity contribution is 1.18. The van der Waals surface area contributed by atoms with Gasteiger partial charge in [0.25, 0.3) is 0 Å². The monoisotopic (exact) mass is 243 g/mol. The van der Waals surface area contributed by atoms with Crippen LogP contribution in [-0.4, -0.2) is 15.0 Å². The number of hydrogen-bond donors (Lipinski definition) is 1. The number of aromatic nitrogens is 3. The van der Waals surface area contributed by atoms with Crippen molar-refractivity contribution in [2.45, 2.75) is 6.92 Å². The average Bonchev–Trinajstić information content (AvgIpc) is 2.72. The predicted molar refractivity (Wildman–Crippen MR) is 69.1 cm³/mol. The fraction of sp³-hybridized carbons (Fsp3) is 0.0769. The van der Waals surface area contributed by atoms with Crippen molar-refractivity contribution < 1.29 is 0 Å². The summed E-state index contributed by atoms with van der Waals surface area (Å²) in [7, 11) is 0. The minimum atomic E-state index is 0.704. The summed E-state index contributed by atoms with van der Waals surface area (Å²) in [5.74, 6) is 0.827. The van der Waals surface area contributed by atoms with E-state index in [1.54, 1.807) is 6.20 Å². The topological polar surface area (TPSA) is 41.6 Å². The third-order valence-corrected chi connectivity index (χ3v) is 2.94. The molecule has 0 spiro atoms. The SMILES string of the molecule is Cc1ncccc1-c1nc2ccc(Cl)cc2[nH]1. The Balaban J connectivity index is 2.22. The van der Waals surface area contributed by atoms with E-state index in [0.717, 1.165) is 28.1 Å². The number of nitrogens with zero attached hydrogens (tertiary/aromatic N) is 2. The highest BCUT2D eigenvalue weighted by Gasteiger charge is 2.07. The molecule has 1 aromatic carbocycles. The maximum atomic E-state index is 5.95. The summed E-state index contributed by atoms with van der Waals surface area (Å²) >= 11 is 5.95. The van der Waals surface area contributed by atoms with Crippen LogP contribution in [-0.2, 0) is 0 Å². The number of aryl methyl sites for hydroxylation is 1. The van der Waals surface area contributed by atoms with Crippen LogP contribution in [0.25, 0.3) is 22.4 Å². The number of imidazole rings is 1.